The molecule has 100 valence electrons. The molecule has 2 unspecified atom stereocenters. The molecule has 2 atom stereocenters. The summed E-state index contributed by atoms with van der Waals surface area (Å²) in [4.78, 5) is 2.61. The Balaban J connectivity index is 1.71. The molecule has 3 N–H and O–H groups in total. The fourth-order valence-electron chi connectivity index (χ4n) is 3.38. The number of anilines is 2. The van der Waals surface area contributed by atoms with Crippen LogP contribution in [0.2, 0.25) is 0 Å². The highest BCUT2D eigenvalue weighted by Crippen LogP contribution is 2.30. The van der Waals surface area contributed by atoms with Crippen molar-refractivity contribution in [2.45, 2.75) is 37.8 Å². The van der Waals surface area contributed by atoms with Gasteiger partial charge in [-0.25, -0.2) is 0 Å². The van der Waals surface area contributed by atoms with Crippen molar-refractivity contribution in [2.75, 3.05) is 24.1 Å². The maximum atomic E-state index is 8.89. The second-order valence-corrected chi connectivity index (χ2v) is 5.55. The number of piperidine rings is 1. The van der Waals surface area contributed by atoms with Gasteiger partial charge in [-0.15, -0.1) is 0 Å². The van der Waals surface area contributed by atoms with E-state index in [0.29, 0.717) is 23.3 Å². The van der Waals surface area contributed by atoms with E-state index in [2.05, 4.69) is 16.3 Å². The fraction of sp³-hybridized carbons (Fsp3) is 0.533. The summed E-state index contributed by atoms with van der Waals surface area (Å²) in [5.41, 5.74) is 8.01. The van der Waals surface area contributed by atoms with Gasteiger partial charge in [-0.2, -0.15) is 5.26 Å². The third-order valence-corrected chi connectivity index (χ3v) is 4.38. The molecule has 0 spiro atoms. The average molecular weight is 256 g/mol. The predicted octanol–water partition coefficient (Wildman–Crippen LogP) is 2.18. The zero-order valence-corrected chi connectivity index (χ0v) is 11.1. The summed E-state index contributed by atoms with van der Waals surface area (Å²) in [6.07, 6.45) is 5.18. The van der Waals surface area contributed by atoms with E-state index in [4.69, 9.17) is 11.0 Å². The van der Waals surface area contributed by atoms with Crippen LogP contribution in [0.5, 0.6) is 0 Å². The van der Waals surface area contributed by atoms with Crippen LogP contribution >= 0.6 is 0 Å². The molecule has 2 aliphatic heterocycles. The Morgan fingerprint density at radius 3 is 2.95 bits per heavy atom. The van der Waals surface area contributed by atoms with Gasteiger partial charge >= 0.3 is 0 Å². The quantitative estimate of drug-likeness (QED) is 0.796. The summed E-state index contributed by atoms with van der Waals surface area (Å²) in [6.45, 7) is 2.45. The summed E-state index contributed by atoms with van der Waals surface area (Å²) in [5.74, 6) is 0. The Morgan fingerprint density at radius 2 is 2.16 bits per heavy atom. The van der Waals surface area contributed by atoms with Crippen molar-refractivity contribution in [3.05, 3.63) is 23.8 Å². The fourth-order valence-corrected chi connectivity index (χ4v) is 3.38. The first-order valence-corrected chi connectivity index (χ1v) is 7.08. The van der Waals surface area contributed by atoms with E-state index in [1.807, 2.05) is 12.1 Å². The highest BCUT2D eigenvalue weighted by molar-refractivity contribution is 5.63. The first-order chi connectivity index (χ1) is 9.28. The Kier molecular flexibility index (Phi) is 3.31. The molecule has 0 aromatic heterocycles. The molecule has 0 aliphatic carbocycles. The van der Waals surface area contributed by atoms with Crippen molar-refractivity contribution in [3.63, 3.8) is 0 Å². The van der Waals surface area contributed by atoms with Crippen molar-refractivity contribution in [3.8, 4) is 6.07 Å². The smallest absolute Gasteiger partial charge is 0.101 e. The Hall–Kier alpha value is -1.73. The van der Waals surface area contributed by atoms with Gasteiger partial charge in [0.15, 0.2) is 0 Å². The molecule has 2 fully saturated rings. The Bertz CT molecular complexity index is 505. The van der Waals surface area contributed by atoms with E-state index < -0.39 is 0 Å². The second-order valence-electron chi connectivity index (χ2n) is 5.55. The number of nitrogen functional groups attached to an aromatic ring is 1. The number of hydrogen-bond donors (Lipinski definition) is 2. The van der Waals surface area contributed by atoms with E-state index in [-0.39, 0.29) is 0 Å². The van der Waals surface area contributed by atoms with Gasteiger partial charge in [0.05, 0.1) is 11.3 Å². The molecule has 0 amide bonds. The van der Waals surface area contributed by atoms with Crippen molar-refractivity contribution in [2.24, 2.45) is 0 Å². The van der Waals surface area contributed by atoms with Gasteiger partial charge in [-0.1, -0.05) is 6.42 Å². The van der Waals surface area contributed by atoms with E-state index in [0.717, 1.165) is 5.69 Å². The lowest BCUT2D eigenvalue weighted by atomic mass is 9.99. The molecular weight excluding hydrogens is 236 g/mol. The molecule has 4 nitrogen and oxygen atoms in total. The van der Waals surface area contributed by atoms with E-state index in [9.17, 15) is 0 Å². The largest absolute Gasteiger partial charge is 0.398 e. The average Bonchev–Trinajstić information content (AvgIpc) is 2.83. The van der Waals surface area contributed by atoms with Crippen molar-refractivity contribution < 1.29 is 0 Å². The summed E-state index contributed by atoms with van der Waals surface area (Å²) in [5, 5.41) is 12.5. The van der Waals surface area contributed by atoms with Gasteiger partial charge in [-0.05, 0) is 44.0 Å². The molecule has 0 saturated carbocycles. The SMILES string of the molecule is N#Cc1ccc(NC2CCN3CCCCC23)cc1N. The first kappa shape index (κ1) is 12.3. The van der Waals surface area contributed by atoms with Gasteiger partial charge in [0.1, 0.15) is 6.07 Å². The summed E-state index contributed by atoms with van der Waals surface area (Å²) >= 11 is 0. The van der Waals surface area contributed by atoms with Crippen molar-refractivity contribution in [1.29, 1.82) is 5.26 Å². The van der Waals surface area contributed by atoms with Crippen LogP contribution in [0.25, 0.3) is 0 Å². The summed E-state index contributed by atoms with van der Waals surface area (Å²) in [6, 6.07) is 8.93. The van der Waals surface area contributed by atoms with E-state index in [1.165, 1.54) is 38.8 Å². The molecule has 19 heavy (non-hydrogen) atoms. The minimum Gasteiger partial charge on any atom is -0.398 e. The van der Waals surface area contributed by atoms with Gasteiger partial charge in [0.25, 0.3) is 0 Å². The monoisotopic (exact) mass is 256 g/mol. The molecule has 2 aliphatic rings. The van der Waals surface area contributed by atoms with Crippen LogP contribution in [-0.4, -0.2) is 30.1 Å². The molecule has 3 rings (SSSR count). The van der Waals surface area contributed by atoms with Crippen LogP contribution in [0, 0.1) is 11.3 Å². The molecule has 1 aromatic carbocycles. The summed E-state index contributed by atoms with van der Waals surface area (Å²) < 4.78 is 0. The highest BCUT2D eigenvalue weighted by atomic mass is 15.2. The normalized spacial score (nSPS) is 26.7. The van der Waals surface area contributed by atoms with Crippen LogP contribution in [0.4, 0.5) is 11.4 Å². The van der Waals surface area contributed by atoms with Crippen molar-refractivity contribution >= 4 is 11.4 Å². The topological polar surface area (TPSA) is 65.1 Å². The first-order valence-electron chi connectivity index (χ1n) is 7.08. The standard InChI is InChI=1S/C15H20N4/c16-10-11-4-5-12(9-13(11)17)18-14-6-8-19-7-2-1-3-15(14)19/h4-5,9,14-15,18H,1-3,6-8,17H2. The Morgan fingerprint density at radius 1 is 1.26 bits per heavy atom. The molecule has 2 saturated heterocycles. The lowest BCUT2D eigenvalue weighted by Crippen LogP contribution is -2.41. The summed E-state index contributed by atoms with van der Waals surface area (Å²) in [7, 11) is 0. The van der Waals surface area contributed by atoms with Gasteiger partial charge in [-0.3, -0.25) is 4.90 Å². The minimum atomic E-state index is 0.521. The number of nitrogens with zero attached hydrogens (tertiary/aromatic N) is 2. The zero-order valence-electron chi connectivity index (χ0n) is 11.1. The van der Waals surface area contributed by atoms with Crippen LogP contribution in [-0.2, 0) is 0 Å². The molecule has 1 aromatic rings. The molecule has 4 heteroatoms. The maximum Gasteiger partial charge on any atom is 0.101 e. The highest BCUT2D eigenvalue weighted by Gasteiger charge is 2.35. The number of benzene rings is 1. The van der Waals surface area contributed by atoms with Crippen LogP contribution < -0.4 is 11.1 Å². The number of rotatable bonds is 2. The number of hydrogen-bond acceptors (Lipinski definition) is 4. The van der Waals surface area contributed by atoms with Gasteiger partial charge in [0, 0.05) is 24.3 Å². The van der Waals surface area contributed by atoms with E-state index >= 15 is 0 Å². The van der Waals surface area contributed by atoms with Crippen molar-refractivity contribution in [1.82, 2.24) is 4.90 Å². The number of fused-ring (bicyclic) bond motifs is 1. The molecular formula is C15H20N4. The number of nitriles is 1. The molecule has 0 radical (unpaired) electrons. The van der Waals surface area contributed by atoms with Crippen LogP contribution in [0.3, 0.4) is 0 Å². The molecule has 2 heterocycles. The second kappa shape index (κ2) is 5.10. The number of nitrogens with one attached hydrogen (secondary N) is 1. The van der Waals surface area contributed by atoms with Crippen LogP contribution in [0.15, 0.2) is 18.2 Å². The minimum absolute atomic E-state index is 0.521. The van der Waals surface area contributed by atoms with Gasteiger partial charge in [0.2, 0.25) is 0 Å². The van der Waals surface area contributed by atoms with Gasteiger partial charge < -0.3 is 11.1 Å². The van der Waals surface area contributed by atoms with Crippen LogP contribution in [0.1, 0.15) is 31.2 Å². The molecule has 0 bridgehead atoms. The Labute approximate surface area is 114 Å². The predicted molar refractivity (Wildman–Crippen MR) is 76.8 cm³/mol. The lowest BCUT2D eigenvalue weighted by molar-refractivity contribution is 0.193. The number of nitrogens with two attached hydrogens (primary N) is 1. The zero-order chi connectivity index (χ0) is 13.2. The van der Waals surface area contributed by atoms with E-state index in [1.54, 1.807) is 6.07 Å². The lowest BCUT2D eigenvalue weighted by Gasteiger charge is -2.33. The maximum absolute atomic E-state index is 8.89. The third-order valence-electron chi connectivity index (χ3n) is 4.38. The third kappa shape index (κ3) is 2.39.